The lowest BCUT2D eigenvalue weighted by molar-refractivity contribution is 0.0948. The molecule has 21 heavy (non-hydrogen) atoms. The van der Waals surface area contributed by atoms with Crippen molar-refractivity contribution in [3.8, 4) is 0 Å². The largest absolute Gasteiger partial charge is 0.313 e. The predicted octanol–water partition coefficient (Wildman–Crippen LogP) is -0.0418. The molecule has 0 aliphatic heterocycles. The molecular weight excluding hydrogens is 292 g/mol. The van der Waals surface area contributed by atoms with Crippen LogP contribution in [0.2, 0.25) is 0 Å². The van der Waals surface area contributed by atoms with Crippen LogP contribution in [-0.2, 0) is 13.1 Å². The van der Waals surface area contributed by atoms with Gasteiger partial charge in [0.15, 0.2) is 5.69 Å². The molecule has 0 radical (unpaired) electrons. The summed E-state index contributed by atoms with van der Waals surface area (Å²) in [6.07, 6.45) is 3.24. The number of aryl methyl sites for hydroxylation is 2. The number of amides is 1. The molecule has 0 fully saturated rings. The van der Waals surface area contributed by atoms with E-state index in [4.69, 9.17) is 5.84 Å². The van der Waals surface area contributed by atoms with Crippen molar-refractivity contribution in [2.75, 3.05) is 0 Å². The molecule has 0 unspecified atom stereocenters. The number of nitrogens with zero attached hydrogens (tertiary/aromatic N) is 4. The maximum atomic E-state index is 12.2. The average Bonchev–Trinajstić information content (AvgIpc) is 3.15. The molecule has 1 amide bonds. The molecule has 0 aliphatic rings. The quantitative estimate of drug-likeness (QED) is 0.399. The second-order valence-corrected chi connectivity index (χ2v) is 5.30. The summed E-state index contributed by atoms with van der Waals surface area (Å²) in [7, 11) is 0. The summed E-state index contributed by atoms with van der Waals surface area (Å²) in [5.41, 5.74) is 2.09. The van der Waals surface area contributed by atoms with Crippen LogP contribution in [0.15, 0.2) is 34.7 Å². The van der Waals surface area contributed by atoms with E-state index in [1.165, 1.54) is 22.2 Å². The summed E-state index contributed by atoms with van der Waals surface area (Å²) < 4.78 is 4.08. The summed E-state index contributed by atoms with van der Waals surface area (Å²) in [6, 6.07) is 3.73. The van der Waals surface area contributed by atoms with Crippen molar-refractivity contribution in [3.05, 3.63) is 46.0 Å². The molecular formula is C12H12N6O2S. The van der Waals surface area contributed by atoms with E-state index in [0.29, 0.717) is 18.5 Å². The number of nitrogens with two attached hydrogens (primary N) is 1. The highest BCUT2D eigenvalue weighted by Gasteiger charge is 2.09. The maximum Gasteiger partial charge on any atom is 0.287 e. The summed E-state index contributed by atoms with van der Waals surface area (Å²) in [5, 5.41) is 10.1. The van der Waals surface area contributed by atoms with Crippen molar-refractivity contribution >= 4 is 27.3 Å². The number of thiophene rings is 1. The van der Waals surface area contributed by atoms with Gasteiger partial charge >= 0.3 is 0 Å². The van der Waals surface area contributed by atoms with Crippen molar-refractivity contribution in [1.82, 2.24) is 25.0 Å². The number of rotatable bonds is 4. The van der Waals surface area contributed by atoms with Gasteiger partial charge in [0, 0.05) is 17.4 Å². The molecule has 0 saturated heterocycles. The van der Waals surface area contributed by atoms with Crippen LogP contribution in [0.25, 0.3) is 10.1 Å². The second-order valence-electron chi connectivity index (χ2n) is 4.35. The minimum atomic E-state index is -0.502. The third-order valence-corrected chi connectivity index (χ3v) is 3.95. The smallest absolute Gasteiger partial charge is 0.287 e. The van der Waals surface area contributed by atoms with Crippen molar-refractivity contribution < 1.29 is 4.79 Å². The fourth-order valence-corrected chi connectivity index (χ4v) is 2.75. The summed E-state index contributed by atoms with van der Waals surface area (Å²) in [4.78, 5) is 23.5. The number of nitrogen functional groups attached to an aromatic ring is 1. The fraction of sp³-hybridized carbons (Fsp3) is 0.167. The number of nitrogens with one attached hydrogen (secondary N) is 1. The highest BCUT2D eigenvalue weighted by atomic mass is 32.1. The number of carbonyl (C=O) groups excluding carboxylic acids is 1. The van der Waals surface area contributed by atoms with Gasteiger partial charge in [-0.15, -0.1) is 16.4 Å². The van der Waals surface area contributed by atoms with E-state index in [1.54, 1.807) is 10.8 Å². The Morgan fingerprint density at radius 1 is 1.38 bits per heavy atom. The van der Waals surface area contributed by atoms with Gasteiger partial charge in [0.25, 0.3) is 11.5 Å². The van der Waals surface area contributed by atoms with Crippen LogP contribution in [0.1, 0.15) is 10.5 Å². The van der Waals surface area contributed by atoms with Crippen LogP contribution in [0.3, 0.4) is 0 Å². The first-order valence-corrected chi connectivity index (χ1v) is 7.05. The molecule has 3 N–H and O–H groups in total. The normalized spacial score (nSPS) is 10.9. The number of fused-ring (bicyclic) bond motifs is 1. The number of carbonyl (C=O) groups is 1. The molecule has 108 valence electrons. The zero-order chi connectivity index (χ0) is 14.8. The molecule has 3 rings (SSSR count). The minimum Gasteiger partial charge on any atom is -0.313 e. The molecule has 3 aromatic heterocycles. The van der Waals surface area contributed by atoms with Gasteiger partial charge in [0.2, 0.25) is 0 Å². The van der Waals surface area contributed by atoms with Gasteiger partial charge < -0.3 is 4.57 Å². The Morgan fingerprint density at radius 2 is 2.24 bits per heavy atom. The highest BCUT2D eigenvalue weighted by molar-refractivity contribution is 7.17. The van der Waals surface area contributed by atoms with Crippen LogP contribution in [0.4, 0.5) is 0 Å². The van der Waals surface area contributed by atoms with E-state index < -0.39 is 5.91 Å². The van der Waals surface area contributed by atoms with Crippen molar-refractivity contribution in [1.29, 1.82) is 0 Å². The summed E-state index contributed by atoms with van der Waals surface area (Å²) in [5.74, 6) is 4.52. The van der Waals surface area contributed by atoms with E-state index in [2.05, 4.69) is 10.3 Å². The Kier molecular flexibility index (Phi) is 3.50. The molecule has 0 aromatic carbocycles. The molecule has 0 bridgehead atoms. The van der Waals surface area contributed by atoms with Gasteiger partial charge in [0.05, 0.1) is 18.1 Å². The first kappa shape index (κ1) is 13.5. The van der Waals surface area contributed by atoms with Crippen LogP contribution >= 0.6 is 11.3 Å². The van der Waals surface area contributed by atoms with E-state index in [9.17, 15) is 9.59 Å². The van der Waals surface area contributed by atoms with Gasteiger partial charge in [-0.25, -0.2) is 10.5 Å². The monoisotopic (exact) mass is 304 g/mol. The molecule has 0 atom stereocenters. The van der Waals surface area contributed by atoms with Crippen molar-refractivity contribution in [2.45, 2.75) is 13.1 Å². The molecule has 8 nitrogen and oxygen atoms in total. The summed E-state index contributed by atoms with van der Waals surface area (Å²) >= 11 is 1.54. The predicted molar refractivity (Wildman–Crippen MR) is 77.8 cm³/mol. The van der Waals surface area contributed by atoms with Gasteiger partial charge in [-0.05, 0) is 17.5 Å². The lowest BCUT2D eigenvalue weighted by Gasteiger charge is -2.05. The summed E-state index contributed by atoms with van der Waals surface area (Å²) in [6.45, 7) is 0.873. The average molecular weight is 304 g/mol. The SMILES string of the molecule is NNC(=O)c1cn(CCn2ccc3sccc3c2=O)nn1. The van der Waals surface area contributed by atoms with Crippen molar-refractivity contribution in [2.24, 2.45) is 5.84 Å². The highest BCUT2D eigenvalue weighted by Crippen LogP contribution is 2.16. The molecule has 9 heteroatoms. The van der Waals surface area contributed by atoms with Crippen molar-refractivity contribution in [3.63, 3.8) is 0 Å². The lowest BCUT2D eigenvalue weighted by Crippen LogP contribution is -2.30. The van der Waals surface area contributed by atoms with Gasteiger partial charge in [-0.1, -0.05) is 5.21 Å². The molecule has 3 aromatic rings. The number of aromatic nitrogens is 4. The van der Waals surface area contributed by atoms with E-state index in [-0.39, 0.29) is 11.3 Å². The van der Waals surface area contributed by atoms with Gasteiger partial charge in [0.1, 0.15) is 0 Å². The molecule has 3 heterocycles. The van der Waals surface area contributed by atoms with Gasteiger partial charge in [-0.2, -0.15) is 0 Å². The third-order valence-electron chi connectivity index (χ3n) is 3.06. The topological polar surface area (TPSA) is 108 Å². The Hall–Kier alpha value is -2.52. The third kappa shape index (κ3) is 2.56. The first-order chi connectivity index (χ1) is 10.2. The Morgan fingerprint density at radius 3 is 3.05 bits per heavy atom. The second kappa shape index (κ2) is 5.46. The molecule has 0 spiro atoms. The standard InChI is InChI=1S/C12H12N6O2S/c13-14-11(19)9-7-18(16-15-9)5-4-17-3-1-10-8(12(17)20)2-6-21-10/h1-3,6-7H,4-5,13H2,(H,14,19). The number of hydrazine groups is 1. The first-order valence-electron chi connectivity index (χ1n) is 6.17. The molecule has 0 aliphatic carbocycles. The van der Waals surface area contributed by atoms with Crippen LogP contribution < -0.4 is 16.8 Å². The van der Waals surface area contributed by atoms with E-state index >= 15 is 0 Å². The number of hydrogen-bond acceptors (Lipinski definition) is 6. The maximum absolute atomic E-state index is 12.2. The molecule has 0 saturated carbocycles. The van der Waals surface area contributed by atoms with Crippen LogP contribution in [0.5, 0.6) is 0 Å². The number of pyridine rings is 1. The zero-order valence-electron chi connectivity index (χ0n) is 10.9. The zero-order valence-corrected chi connectivity index (χ0v) is 11.7. The number of hydrogen-bond donors (Lipinski definition) is 2. The Bertz CT molecular complexity index is 849. The van der Waals surface area contributed by atoms with E-state index in [1.807, 2.05) is 22.9 Å². The minimum absolute atomic E-state index is 0.0335. The Balaban J connectivity index is 1.77. The Labute approximate surface area is 122 Å². The fourth-order valence-electron chi connectivity index (χ4n) is 1.98. The van der Waals surface area contributed by atoms with E-state index in [0.717, 1.165) is 4.70 Å². The lowest BCUT2D eigenvalue weighted by atomic mass is 10.3. The van der Waals surface area contributed by atoms with Gasteiger partial charge in [-0.3, -0.25) is 15.0 Å². The van der Waals surface area contributed by atoms with Crippen LogP contribution in [0, 0.1) is 0 Å². The van der Waals surface area contributed by atoms with Crippen LogP contribution in [-0.4, -0.2) is 25.5 Å².